The first-order valence-corrected chi connectivity index (χ1v) is 6.05. The molecular formula is C14H20O4. The van der Waals surface area contributed by atoms with Gasteiger partial charge in [-0.3, -0.25) is 4.79 Å². The van der Waals surface area contributed by atoms with Crippen molar-refractivity contribution < 1.29 is 19.4 Å². The lowest BCUT2D eigenvalue weighted by Crippen LogP contribution is -2.08. The molecule has 0 spiro atoms. The largest absolute Gasteiger partial charge is 0.497 e. The summed E-state index contributed by atoms with van der Waals surface area (Å²) in [6, 6.07) is 7.75. The molecule has 0 heterocycles. The van der Waals surface area contributed by atoms with E-state index < -0.39 is 0 Å². The van der Waals surface area contributed by atoms with Crippen molar-refractivity contribution in [2.75, 3.05) is 20.3 Å². The molecule has 0 aromatic heterocycles. The Labute approximate surface area is 108 Å². The minimum absolute atomic E-state index is 0.113. The molecule has 1 atom stereocenters. The molecule has 1 N–H and O–H groups in total. The van der Waals surface area contributed by atoms with Crippen LogP contribution < -0.4 is 4.74 Å². The fourth-order valence-corrected chi connectivity index (χ4v) is 1.87. The minimum atomic E-state index is -0.275. The Hall–Kier alpha value is -1.55. The van der Waals surface area contributed by atoms with Gasteiger partial charge in [0.25, 0.3) is 0 Å². The van der Waals surface area contributed by atoms with Crippen LogP contribution in [0, 0.1) is 0 Å². The van der Waals surface area contributed by atoms with Crippen LogP contribution in [0.2, 0.25) is 0 Å². The van der Waals surface area contributed by atoms with Crippen molar-refractivity contribution in [3.8, 4) is 5.75 Å². The predicted molar refractivity (Wildman–Crippen MR) is 68.7 cm³/mol. The summed E-state index contributed by atoms with van der Waals surface area (Å²) >= 11 is 0. The monoisotopic (exact) mass is 252 g/mol. The van der Waals surface area contributed by atoms with Gasteiger partial charge in [-0.15, -0.1) is 0 Å². The lowest BCUT2D eigenvalue weighted by Gasteiger charge is -2.16. The summed E-state index contributed by atoms with van der Waals surface area (Å²) in [4.78, 5) is 10.7. The maximum atomic E-state index is 10.7. The van der Waals surface area contributed by atoms with Gasteiger partial charge in [-0.1, -0.05) is 12.1 Å². The molecule has 0 aliphatic rings. The van der Waals surface area contributed by atoms with E-state index in [0.717, 1.165) is 11.3 Å². The maximum absolute atomic E-state index is 10.7. The van der Waals surface area contributed by atoms with Crippen LogP contribution in [0.1, 0.15) is 31.2 Å². The van der Waals surface area contributed by atoms with Crippen LogP contribution in [0.4, 0.5) is 0 Å². The van der Waals surface area contributed by atoms with Gasteiger partial charge < -0.3 is 14.6 Å². The number of aliphatic hydroxyl groups excluding tert-OH is 1. The van der Waals surface area contributed by atoms with E-state index in [9.17, 15) is 4.79 Å². The molecule has 4 heteroatoms. The fraction of sp³-hybridized carbons (Fsp3) is 0.500. The number of methoxy groups -OCH3 is 1. The summed E-state index contributed by atoms with van der Waals surface area (Å²) in [5.74, 6) is 0.691. The Kier molecular flexibility index (Phi) is 6.22. The normalized spacial score (nSPS) is 11.9. The Morgan fingerprint density at radius 1 is 1.39 bits per heavy atom. The molecule has 0 radical (unpaired) electrons. The van der Waals surface area contributed by atoms with Crippen LogP contribution in [-0.2, 0) is 9.53 Å². The van der Waals surface area contributed by atoms with Crippen LogP contribution in [-0.4, -0.2) is 31.4 Å². The number of carbonyl (C=O) groups is 1. The highest BCUT2D eigenvalue weighted by Gasteiger charge is 2.12. The van der Waals surface area contributed by atoms with Crippen molar-refractivity contribution in [1.82, 2.24) is 0 Å². The van der Waals surface area contributed by atoms with Crippen molar-refractivity contribution in [1.29, 1.82) is 0 Å². The number of ether oxygens (including phenoxy) is 2. The van der Waals surface area contributed by atoms with Gasteiger partial charge in [0, 0.05) is 13.5 Å². The topological polar surface area (TPSA) is 55.8 Å². The molecule has 0 aliphatic heterocycles. The van der Waals surface area contributed by atoms with Crippen molar-refractivity contribution in [2.24, 2.45) is 0 Å². The van der Waals surface area contributed by atoms with Crippen molar-refractivity contribution in [2.45, 2.75) is 25.7 Å². The molecule has 0 unspecified atom stereocenters. The third kappa shape index (κ3) is 4.75. The second-order valence-electron chi connectivity index (χ2n) is 4.11. The van der Waals surface area contributed by atoms with Gasteiger partial charge in [-0.25, -0.2) is 0 Å². The first kappa shape index (κ1) is 14.5. The first-order chi connectivity index (χ1) is 8.67. The lowest BCUT2D eigenvalue weighted by atomic mass is 9.93. The standard InChI is InChI=1S/C14H20O4/c1-11(16)18-9-7-12(6-8-15)13-4-3-5-14(10-13)17-2/h3-5,10,12,15H,6-9H2,1-2H3/t12-/m0/s1. The lowest BCUT2D eigenvalue weighted by molar-refractivity contribution is -0.141. The molecule has 0 bridgehead atoms. The van der Waals surface area contributed by atoms with E-state index in [2.05, 4.69) is 0 Å². The summed E-state index contributed by atoms with van der Waals surface area (Å²) in [6.07, 6.45) is 1.35. The molecule has 1 aromatic rings. The zero-order valence-corrected chi connectivity index (χ0v) is 10.9. The Bertz CT molecular complexity index is 376. The summed E-state index contributed by atoms with van der Waals surface area (Å²) in [5.41, 5.74) is 1.09. The number of aliphatic hydroxyl groups is 1. The van der Waals surface area contributed by atoms with E-state index >= 15 is 0 Å². The van der Waals surface area contributed by atoms with Crippen LogP contribution in [0.5, 0.6) is 5.75 Å². The van der Waals surface area contributed by atoms with Gasteiger partial charge in [0.05, 0.1) is 13.7 Å². The Morgan fingerprint density at radius 3 is 2.78 bits per heavy atom. The van der Waals surface area contributed by atoms with Gasteiger partial charge in [-0.2, -0.15) is 0 Å². The van der Waals surface area contributed by atoms with Gasteiger partial charge >= 0.3 is 5.97 Å². The van der Waals surface area contributed by atoms with E-state index in [-0.39, 0.29) is 18.5 Å². The first-order valence-electron chi connectivity index (χ1n) is 6.05. The van der Waals surface area contributed by atoms with Gasteiger partial charge in [0.2, 0.25) is 0 Å². The summed E-state index contributed by atoms with van der Waals surface area (Å²) in [5, 5.41) is 9.09. The summed E-state index contributed by atoms with van der Waals surface area (Å²) < 4.78 is 10.1. The quantitative estimate of drug-likeness (QED) is 0.755. The van der Waals surface area contributed by atoms with Gasteiger partial charge in [0.15, 0.2) is 0 Å². The van der Waals surface area contributed by atoms with Crippen LogP contribution in [0.15, 0.2) is 24.3 Å². The number of rotatable bonds is 7. The third-order valence-electron chi connectivity index (χ3n) is 2.81. The van der Waals surface area contributed by atoms with Crippen LogP contribution in [0.25, 0.3) is 0 Å². The summed E-state index contributed by atoms with van der Waals surface area (Å²) in [7, 11) is 1.62. The third-order valence-corrected chi connectivity index (χ3v) is 2.81. The second-order valence-corrected chi connectivity index (χ2v) is 4.11. The number of esters is 1. The van der Waals surface area contributed by atoms with Crippen LogP contribution >= 0.6 is 0 Å². The second kappa shape index (κ2) is 7.71. The highest BCUT2D eigenvalue weighted by molar-refractivity contribution is 5.65. The zero-order chi connectivity index (χ0) is 13.4. The molecule has 0 fully saturated rings. The molecule has 0 saturated heterocycles. The SMILES string of the molecule is COc1cccc([C@@H](CCO)CCOC(C)=O)c1. The van der Waals surface area contributed by atoms with Crippen LogP contribution in [0.3, 0.4) is 0 Å². The number of hydrogen-bond donors (Lipinski definition) is 1. The average molecular weight is 252 g/mol. The van der Waals surface area contributed by atoms with E-state index in [1.54, 1.807) is 7.11 Å². The van der Waals surface area contributed by atoms with E-state index in [4.69, 9.17) is 14.6 Å². The van der Waals surface area contributed by atoms with E-state index in [1.165, 1.54) is 6.92 Å². The molecule has 100 valence electrons. The van der Waals surface area contributed by atoms with Crippen molar-refractivity contribution >= 4 is 5.97 Å². The molecule has 18 heavy (non-hydrogen) atoms. The minimum Gasteiger partial charge on any atom is -0.497 e. The van der Waals surface area contributed by atoms with Crippen molar-refractivity contribution in [3.05, 3.63) is 29.8 Å². The summed E-state index contributed by atoms with van der Waals surface area (Å²) in [6.45, 7) is 1.88. The highest BCUT2D eigenvalue weighted by Crippen LogP contribution is 2.26. The van der Waals surface area contributed by atoms with Crippen molar-refractivity contribution in [3.63, 3.8) is 0 Å². The molecule has 0 saturated carbocycles. The number of carbonyl (C=O) groups excluding carboxylic acids is 1. The molecular weight excluding hydrogens is 232 g/mol. The number of hydrogen-bond acceptors (Lipinski definition) is 4. The molecule has 4 nitrogen and oxygen atoms in total. The molecule has 0 amide bonds. The van der Waals surface area contributed by atoms with Gasteiger partial charge in [0.1, 0.15) is 5.75 Å². The zero-order valence-electron chi connectivity index (χ0n) is 10.9. The Morgan fingerprint density at radius 2 is 2.17 bits per heavy atom. The van der Waals surface area contributed by atoms with E-state index in [1.807, 2.05) is 24.3 Å². The number of benzene rings is 1. The predicted octanol–water partition coefficient (Wildman–Crippen LogP) is 2.11. The molecule has 1 rings (SSSR count). The fourth-order valence-electron chi connectivity index (χ4n) is 1.87. The smallest absolute Gasteiger partial charge is 0.302 e. The molecule has 1 aromatic carbocycles. The maximum Gasteiger partial charge on any atom is 0.302 e. The van der Waals surface area contributed by atoms with Gasteiger partial charge in [-0.05, 0) is 36.5 Å². The Balaban J connectivity index is 2.66. The van der Waals surface area contributed by atoms with E-state index in [0.29, 0.717) is 19.4 Å². The molecule has 0 aliphatic carbocycles. The highest BCUT2D eigenvalue weighted by atomic mass is 16.5. The average Bonchev–Trinajstić information content (AvgIpc) is 2.37.